The van der Waals surface area contributed by atoms with Crippen LogP contribution in [0.3, 0.4) is 0 Å². The molecule has 2 atom stereocenters. The number of hydrogen-bond acceptors (Lipinski definition) is 5. The lowest BCUT2D eigenvalue weighted by atomic mass is 9.73. The van der Waals surface area contributed by atoms with E-state index in [1.807, 2.05) is 61.5 Å². The highest BCUT2D eigenvalue weighted by molar-refractivity contribution is 6.03. The van der Waals surface area contributed by atoms with Gasteiger partial charge in [-0.05, 0) is 30.9 Å². The molecule has 0 saturated carbocycles. The van der Waals surface area contributed by atoms with E-state index in [4.69, 9.17) is 15.2 Å². The standard InChI is InChI=1S/C25H25NO4/c1-3-29-25(28)23-21(17-11-9-15(2)10-12-17)22-19(27)13-18(14-20(22)30-24(23)26)16-7-5-4-6-8-16/h4-12,18,21H,3,13-14,26H2,1-2H3/t18-,21+/m0/s1. The van der Waals surface area contributed by atoms with E-state index in [9.17, 15) is 9.59 Å². The molecule has 1 aliphatic heterocycles. The number of carbonyl (C=O) groups excluding carboxylic acids is 2. The van der Waals surface area contributed by atoms with Crippen LogP contribution >= 0.6 is 0 Å². The van der Waals surface area contributed by atoms with Crippen LogP contribution in [0.2, 0.25) is 0 Å². The lowest BCUT2D eigenvalue weighted by Gasteiger charge is -2.35. The number of benzene rings is 2. The fourth-order valence-electron chi connectivity index (χ4n) is 4.27. The zero-order valence-corrected chi connectivity index (χ0v) is 17.2. The van der Waals surface area contributed by atoms with Gasteiger partial charge in [-0.2, -0.15) is 0 Å². The number of ether oxygens (including phenoxy) is 2. The summed E-state index contributed by atoms with van der Waals surface area (Å²) < 4.78 is 11.1. The van der Waals surface area contributed by atoms with Gasteiger partial charge in [0.05, 0.1) is 12.5 Å². The monoisotopic (exact) mass is 403 g/mol. The van der Waals surface area contributed by atoms with Gasteiger partial charge >= 0.3 is 5.97 Å². The van der Waals surface area contributed by atoms with Crippen molar-refractivity contribution in [3.05, 3.63) is 94.1 Å². The molecule has 0 amide bonds. The van der Waals surface area contributed by atoms with Crippen LogP contribution in [0.4, 0.5) is 0 Å². The minimum Gasteiger partial charge on any atom is -0.462 e. The second-order valence-corrected chi connectivity index (χ2v) is 7.72. The summed E-state index contributed by atoms with van der Waals surface area (Å²) in [6.07, 6.45) is 0.925. The van der Waals surface area contributed by atoms with E-state index in [1.54, 1.807) is 6.92 Å². The fourth-order valence-corrected chi connectivity index (χ4v) is 4.27. The third-order valence-electron chi connectivity index (χ3n) is 5.72. The zero-order chi connectivity index (χ0) is 21.3. The Hall–Kier alpha value is -3.34. The molecule has 2 N–H and O–H groups in total. The van der Waals surface area contributed by atoms with Gasteiger partial charge in [-0.1, -0.05) is 60.2 Å². The molecule has 0 radical (unpaired) electrons. The Kier molecular flexibility index (Phi) is 5.44. The maximum Gasteiger partial charge on any atom is 0.340 e. The lowest BCUT2D eigenvalue weighted by Crippen LogP contribution is -2.33. The number of allylic oxidation sites excluding steroid dienone is 2. The van der Waals surface area contributed by atoms with E-state index in [2.05, 4.69) is 0 Å². The third kappa shape index (κ3) is 3.63. The second-order valence-electron chi connectivity index (χ2n) is 7.72. The Morgan fingerprint density at radius 2 is 1.77 bits per heavy atom. The highest BCUT2D eigenvalue weighted by atomic mass is 16.5. The Balaban J connectivity index is 1.80. The molecule has 0 saturated heterocycles. The van der Waals surface area contributed by atoms with Crippen LogP contribution in [-0.2, 0) is 19.1 Å². The van der Waals surface area contributed by atoms with Crippen LogP contribution in [0.5, 0.6) is 0 Å². The van der Waals surface area contributed by atoms with Gasteiger partial charge in [0.1, 0.15) is 11.3 Å². The van der Waals surface area contributed by atoms with Crippen molar-refractivity contribution in [2.75, 3.05) is 6.61 Å². The molecule has 5 nitrogen and oxygen atoms in total. The summed E-state index contributed by atoms with van der Waals surface area (Å²) in [6, 6.07) is 17.7. The first-order valence-electron chi connectivity index (χ1n) is 10.2. The second kappa shape index (κ2) is 8.19. The summed E-state index contributed by atoms with van der Waals surface area (Å²) in [5.41, 5.74) is 9.94. The first kappa shape index (κ1) is 20.0. The normalized spacial score (nSPS) is 21.2. The molecule has 2 aliphatic rings. The minimum absolute atomic E-state index is 0.0132. The number of nitrogens with two attached hydrogens (primary N) is 1. The average molecular weight is 403 g/mol. The minimum atomic E-state index is -0.586. The molecule has 0 fully saturated rings. The topological polar surface area (TPSA) is 78.6 Å². The number of aryl methyl sites for hydroxylation is 1. The quantitative estimate of drug-likeness (QED) is 0.773. The van der Waals surface area contributed by atoms with E-state index in [1.165, 1.54) is 0 Å². The van der Waals surface area contributed by atoms with Crippen molar-refractivity contribution in [1.82, 2.24) is 0 Å². The number of rotatable bonds is 4. The summed E-state index contributed by atoms with van der Waals surface area (Å²) in [7, 11) is 0. The highest BCUT2D eigenvalue weighted by Gasteiger charge is 2.43. The van der Waals surface area contributed by atoms with Gasteiger partial charge in [-0.25, -0.2) is 4.79 Å². The Morgan fingerprint density at radius 1 is 1.07 bits per heavy atom. The van der Waals surface area contributed by atoms with E-state index < -0.39 is 11.9 Å². The largest absolute Gasteiger partial charge is 0.462 e. The molecule has 1 aliphatic carbocycles. The fraction of sp³-hybridized carbons (Fsp3) is 0.280. The smallest absolute Gasteiger partial charge is 0.340 e. The van der Waals surface area contributed by atoms with Crippen molar-refractivity contribution in [2.45, 2.75) is 38.5 Å². The summed E-state index contributed by atoms with van der Waals surface area (Å²) in [5.74, 6) is -0.573. The Morgan fingerprint density at radius 3 is 2.43 bits per heavy atom. The first-order chi connectivity index (χ1) is 14.5. The van der Waals surface area contributed by atoms with Gasteiger partial charge in [0.2, 0.25) is 5.88 Å². The third-order valence-corrected chi connectivity index (χ3v) is 5.72. The van der Waals surface area contributed by atoms with E-state index in [-0.39, 0.29) is 29.8 Å². The van der Waals surface area contributed by atoms with Gasteiger partial charge in [-0.15, -0.1) is 0 Å². The van der Waals surface area contributed by atoms with Gasteiger partial charge < -0.3 is 15.2 Å². The summed E-state index contributed by atoms with van der Waals surface area (Å²) >= 11 is 0. The number of hydrogen-bond donors (Lipinski definition) is 1. The van der Waals surface area contributed by atoms with E-state index in [0.717, 1.165) is 16.7 Å². The van der Waals surface area contributed by atoms with Crippen molar-refractivity contribution in [3.63, 3.8) is 0 Å². The van der Waals surface area contributed by atoms with Gasteiger partial charge in [0.25, 0.3) is 0 Å². The predicted octanol–water partition coefficient (Wildman–Crippen LogP) is 4.24. The number of ketones is 1. The average Bonchev–Trinajstić information content (AvgIpc) is 2.74. The van der Waals surface area contributed by atoms with Crippen LogP contribution in [0, 0.1) is 6.92 Å². The zero-order valence-electron chi connectivity index (χ0n) is 17.2. The van der Waals surface area contributed by atoms with Gasteiger partial charge in [0.15, 0.2) is 5.78 Å². The maximum absolute atomic E-state index is 13.3. The molecular weight excluding hydrogens is 378 g/mol. The van der Waals surface area contributed by atoms with Crippen LogP contribution in [0.1, 0.15) is 48.3 Å². The van der Waals surface area contributed by atoms with Gasteiger partial charge in [0, 0.05) is 18.4 Å². The lowest BCUT2D eigenvalue weighted by molar-refractivity contribution is -0.139. The molecule has 0 unspecified atom stereocenters. The van der Waals surface area contributed by atoms with E-state index in [0.29, 0.717) is 24.2 Å². The van der Waals surface area contributed by atoms with Crippen molar-refractivity contribution < 1.29 is 19.1 Å². The number of carbonyl (C=O) groups is 2. The van der Waals surface area contributed by atoms with Gasteiger partial charge in [-0.3, -0.25) is 4.79 Å². The summed E-state index contributed by atoms with van der Waals surface area (Å²) in [5, 5.41) is 0. The molecular formula is C25H25NO4. The number of Topliss-reactive ketones (excluding diaryl/α,β-unsaturated/α-hetero) is 1. The Bertz CT molecular complexity index is 1030. The van der Waals surface area contributed by atoms with E-state index >= 15 is 0 Å². The highest BCUT2D eigenvalue weighted by Crippen LogP contribution is 2.47. The molecule has 1 heterocycles. The SMILES string of the molecule is CCOC(=O)C1=C(N)OC2=C(C(=O)C[C@H](c3ccccc3)C2)[C@H]1c1ccc(C)cc1. The Labute approximate surface area is 176 Å². The molecule has 4 rings (SSSR count). The number of esters is 1. The molecule has 2 aromatic carbocycles. The van der Waals surface area contributed by atoms with Crippen LogP contribution in [0.25, 0.3) is 0 Å². The van der Waals surface area contributed by atoms with Crippen LogP contribution < -0.4 is 5.73 Å². The van der Waals surface area contributed by atoms with Crippen molar-refractivity contribution in [1.29, 1.82) is 0 Å². The maximum atomic E-state index is 13.3. The van der Waals surface area contributed by atoms with Crippen molar-refractivity contribution in [3.8, 4) is 0 Å². The van der Waals surface area contributed by atoms with Crippen molar-refractivity contribution in [2.24, 2.45) is 5.73 Å². The molecule has 2 aromatic rings. The molecule has 0 spiro atoms. The molecule has 0 aromatic heterocycles. The van der Waals surface area contributed by atoms with Crippen LogP contribution in [0.15, 0.2) is 77.4 Å². The molecule has 30 heavy (non-hydrogen) atoms. The molecule has 0 bridgehead atoms. The predicted molar refractivity (Wildman–Crippen MR) is 113 cm³/mol. The molecule has 154 valence electrons. The van der Waals surface area contributed by atoms with Crippen LogP contribution in [-0.4, -0.2) is 18.4 Å². The summed E-state index contributed by atoms with van der Waals surface area (Å²) in [4.78, 5) is 26.1. The summed E-state index contributed by atoms with van der Waals surface area (Å²) in [6.45, 7) is 3.94. The van der Waals surface area contributed by atoms with Crippen molar-refractivity contribution >= 4 is 11.8 Å². The molecule has 5 heteroatoms. The first-order valence-corrected chi connectivity index (χ1v) is 10.2.